The third-order valence-corrected chi connectivity index (χ3v) is 3.04. The molecule has 0 aliphatic carbocycles. The van der Waals surface area contributed by atoms with Crippen molar-refractivity contribution in [3.05, 3.63) is 28.8 Å². The molecule has 0 aliphatic rings. The Labute approximate surface area is 109 Å². The number of alkyl halides is 3. The summed E-state index contributed by atoms with van der Waals surface area (Å²) in [6, 6.07) is 3.57. The van der Waals surface area contributed by atoms with Crippen molar-refractivity contribution in [2.75, 3.05) is 11.9 Å². The van der Waals surface area contributed by atoms with Gasteiger partial charge in [0.15, 0.2) is 0 Å². The Hall–Kier alpha value is -0.940. The van der Waals surface area contributed by atoms with Gasteiger partial charge in [0, 0.05) is 6.54 Å². The van der Waals surface area contributed by atoms with Crippen molar-refractivity contribution in [3.63, 3.8) is 0 Å². The van der Waals surface area contributed by atoms with Crippen molar-refractivity contribution in [2.24, 2.45) is 0 Å². The Morgan fingerprint density at radius 2 is 1.94 bits per heavy atom. The lowest BCUT2D eigenvalue weighted by atomic mass is 10.0. The first-order chi connectivity index (χ1) is 8.17. The van der Waals surface area contributed by atoms with E-state index >= 15 is 0 Å². The van der Waals surface area contributed by atoms with E-state index in [1.54, 1.807) is 13.8 Å². The fraction of sp³-hybridized carbons (Fsp3) is 0.500. The molecule has 0 bridgehead atoms. The van der Waals surface area contributed by atoms with Gasteiger partial charge < -0.3 is 10.4 Å². The maximum Gasteiger partial charge on any atom is 0.418 e. The van der Waals surface area contributed by atoms with E-state index in [1.165, 1.54) is 12.1 Å². The molecule has 1 atom stereocenters. The summed E-state index contributed by atoms with van der Waals surface area (Å²) >= 11 is 5.76. The summed E-state index contributed by atoms with van der Waals surface area (Å²) in [4.78, 5) is 0. The van der Waals surface area contributed by atoms with Crippen LogP contribution in [0.1, 0.15) is 25.8 Å². The predicted octanol–water partition coefficient (Wildman–Crippen LogP) is 3.93. The molecule has 0 saturated carbocycles. The monoisotopic (exact) mass is 281 g/mol. The minimum Gasteiger partial charge on any atom is -0.388 e. The number of hydrogen-bond acceptors (Lipinski definition) is 2. The van der Waals surface area contributed by atoms with Gasteiger partial charge >= 0.3 is 6.18 Å². The molecule has 18 heavy (non-hydrogen) atoms. The average Bonchev–Trinajstić information content (AvgIpc) is 2.26. The highest BCUT2D eigenvalue weighted by Gasteiger charge is 2.34. The summed E-state index contributed by atoms with van der Waals surface area (Å²) in [6.45, 7) is 3.29. The Morgan fingerprint density at radius 3 is 2.44 bits per heavy atom. The molecule has 1 rings (SSSR count). The van der Waals surface area contributed by atoms with E-state index < -0.39 is 17.3 Å². The molecule has 2 N–H and O–H groups in total. The highest BCUT2D eigenvalue weighted by molar-refractivity contribution is 6.33. The van der Waals surface area contributed by atoms with Crippen LogP contribution in [0.5, 0.6) is 0 Å². The topological polar surface area (TPSA) is 32.3 Å². The number of rotatable bonds is 4. The van der Waals surface area contributed by atoms with Crippen molar-refractivity contribution in [2.45, 2.75) is 32.0 Å². The molecule has 0 fully saturated rings. The number of benzene rings is 1. The van der Waals surface area contributed by atoms with Crippen LogP contribution < -0.4 is 5.32 Å². The molecule has 0 heterocycles. The quantitative estimate of drug-likeness (QED) is 0.876. The molecular weight excluding hydrogens is 267 g/mol. The van der Waals surface area contributed by atoms with Crippen LogP contribution in [-0.4, -0.2) is 17.3 Å². The number of aliphatic hydroxyl groups is 1. The minimum atomic E-state index is -4.48. The average molecular weight is 282 g/mol. The van der Waals surface area contributed by atoms with Crippen molar-refractivity contribution in [1.29, 1.82) is 0 Å². The molecule has 0 spiro atoms. The lowest BCUT2D eigenvalue weighted by Crippen LogP contribution is -2.33. The number of para-hydroxylation sites is 1. The summed E-state index contributed by atoms with van der Waals surface area (Å²) in [5.74, 6) is 0. The van der Waals surface area contributed by atoms with Crippen LogP contribution >= 0.6 is 11.6 Å². The maximum absolute atomic E-state index is 12.8. The minimum absolute atomic E-state index is 0.00366. The van der Waals surface area contributed by atoms with E-state index in [0.29, 0.717) is 6.42 Å². The van der Waals surface area contributed by atoms with Gasteiger partial charge in [-0.15, -0.1) is 0 Å². The smallest absolute Gasteiger partial charge is 0.388 e. The van der Waals surface area contributed by atoms with Gasteiger partial charge in [-0.25, -0.2) is 0 Å². The lowest BCUT2D eigenvalue weighted by molar-refractivity contribution is -0.137. The van der Waals surface area contributed by atoms with Crippen molar-refractivity contribution < 1.29 is 18.3 Å². The molecule has 1 aromatic carbocycles. The zero-order valence-corrected chi connectivity index (χ0v) is 10.9. The van der Waals surface area contributed by atoms with Crippen molar-refractivity contribution in [3.8, 4) is 0 Å². The molecule has 0 radical (unpaired) electrons. The van der Waals surface area contributed by atoms with Gasteiger partial charge in [-0.05, 0) is 25.5 Å². The second-order valence-electron chi connectivity index (χ2n) is 4.36. The maximum atomic E-state index is 12.8. The zero-order valence-electron chi connectivity index (χ0n) is 10.1. The van der Waals surface area contributed by atoms with E-state index in [9.17, 15) is 18.3 Å². The lowest BCUT2D eigenvalue weighted by Gasteiger charge is -2.24. The van der Waals surface area contributed by atoms with E-state index in [1.807, 2.05) is 0 Å². The SMILES string of the molecule is CCC(C)(O)CNc1c(Cl)cccc1C(F)(F)F. The Kier molecular flexibility index (Phi) is 4.50. The van der Waals surface area contributed by atoms with Crippen LogP contribution in [0.4, 0.5) is 18.9 Å². The second-order valence-corrected chi connectivity index (χ2v) is 4.77. The summed E-state index contributed by atoms with van der Waals surface area (Å²) < 4.78 is 38.3. The number of nitrogens with one attached hydrogen (secondary N) is 1. The van der Waals surface area contributed by atoms with Gasteiger partial charge in [0.05, 0.1) is 21.9 Å². The molecule has 102 valence electrons. The molecule has 0 aromatic heterocycles. The van der Waals surface area contributed by atoms with Crippen molar-refractivity contribution in [1.82, 2.24) is 0 Å². The van der Waals surface area contributed by atoms with Crippen LogP contribution in [0.25, 0.3) is 0 Å². The van der Waals surface area contributed by atoms with E-state index in [2.05, 4.69) is 5.32 Å². The highest BCUT2D eigenvalue weighted by Crippen LogP contribution is 2.38. The normalized spacial score (nSPS) is 15.3. The van der Waals surface area contributed by atoms with Crippen LogP contribution in [0.2, 0.25) is 5.02 Å². The summed E-state index contributed by atoms with van der Waals surface area (Å²) in [5, 5.41) is 12.3. The predicted molar refractivity (Wildman–Crippen MR) is 65.9 cm³/mol. The number of hydrogen-bond donors (Lipinski definition) is 2. The first kappa shape index (κ1) is 15.1. The number of anilines is 1. The standard InChI is InChI=1S/C12H15ClF3NO/c1-3-11(2,18)7-17-10-8(12(14,15)16)5-4-6-9(10)13/h4-6,17-18H,3,7H2,1-2H3. The first-order valence-corrected chi connectivity index (χ1v) is 5.87. The molecule has 1 aromatic rings. The van der Waals surface area contributed by atoms with Crippen LogP contribution in [-0.2, 0) is 6.18 Å². The summed E-state index contributed by atoms with van der Waals surface area (Å²) in [7, 11) is 0. The fourth-order valence-corrected chi connectivity index (χ4v) is 1.59. The van der Waals surface area contributed by atoms with E-state index in [0.717, 1.165) is 6.07 Å². The third kappa shape index (κ3) is 3.78. The van der Waals surface area contributed by atoms with Crippen molar-refractivity contribution >= 4 is 17.3 Å². The Bertz CT molecular complexity index is 418. The van der Waals surface area contributed by atoms with Gasteiger partial charge in [0.2, 0.25) is 0 Å². The Morgan fingerprint density at radius 1 is 1.33 bits per heavy atom. The molecule has 1 unspecified atom stereocenters. The third-order valence-electron chi connectivity index (χ3n) is 2.73. The largest absolute Gasteiger partial charge is 0.418 e. The molecule has 2 nitrogen and oxygen atoms in total. The summed E-state index contributed by atoms with van der Waals surface area (Å²) in [6.07, 6.45) is -4.06. The molecule has 6 heteroatoms. The molecule has 0 aliphatic heterocycles. The van der Waals surface area contributed by atoms with E-state index in [-0.39, 0.29) is 17.3 Å². The Balaban J connectivity index is 3.01. The highest BCUT2D eigenvalue weighted by atomic mass is 35.5. The van der Waals surface area contributed by atoms with Gasteiger partial charge in [-0.3, -0.25) is 0 Å². The van der Waals surface area contributed by atoms with E-state index in [4.69, 9.17) is 11.6 Å². The molecule has 0 saturated heterocycles. The van der Waals surface area contributed by atoms with Crippen LogP contribution in [0.3, 0.4) is 0 Å². The van der Waals surface area contributed by atoms with Crippen LogP contribution in [0.15, 0.2) is 18.2 Å². The molecule has 0 amide bonds. The summed E-state index contributed by atoms with van der Waals surface area (Å²) in [5.41, 5.74) is -2.11. The first-order valence-electron chi connectivity index (χ1n) is 5.49. The molecular formula is C12H15ClF3NO. The number of halogens is 4. The fourth-order valence-electron chi connectivity index (χ4n) is 1.34. The second kappa shape index (κ2) is 5.36. The van der Waals surface area contributed by atoms with Gasteiger partial charge in [0.1, 0.15) is 0 Å². The van der Waals surface area contributed by atoms with Gasteiger partial charge in [-0.2, -0.15) is 13.2 Å². The zero-order chi connectivity index (χ0) is 14.0. The van der Waals surface area contributed by atoms with Gasteiger partial charge in [-0.1, -0.05) is 24.6 Å². The van der Waals surface area contributed by atoms with Gasteiger partial charge in [0.25, 0.3) is 0 Å². The van der Waals surface area contributed by atoms with Crippen LogP contribution in [0, 0.1) is 0 Å².